The molecule has 11 heavy (non-hydrogen) atoms. The van der Waals surface area contributed by atoms with Gasteiger partial charge in [-0.3, -0.25) is 4.79 Å². The highest BCUT2D eigenvalue weighted by molar-refractivity contribution is 5.94. The molecule has 0 atom stereocenters. The maximum atomic E-state index is 10.6. The minimum Gasteiger partial charge on any atom is -0.364 e. The number of hydrogen-bond acceptors (Lipinski definition) is 4. The normalized spacial score (nSPS) is 9.55. The van der Waals surface area contributed by atoms with E-state index in [-0.39, 0.29) is 5.69 Å². The second-order valence-electron chi connectivity index (χ2n) is 2.11. The van der Waals surface area contributed by atoms with E-state index < -0.39 is 5.91 Å². The van der Waals surface area contributed by atoms with Crippen LogP contribution in [-0.4, -0.2) is 16.2 Å². The zero-order valence-electron chi connectivity index (χ0n) is 6.00. The highest BCUT2D eigenvalue weighted by Crippen LogP contribution is 2.11. The number of hydrogen-bond donors (Lipinski definition) is 1. The van der Waals surface area contributed by atoms with Gasteiger partial charge in [-0.15, -0.1) is 0 Å². The van der Waals surface area contributed by atoms with E-state index in [1.54, 1.807) is 6.92 Å². The quantitative estimate of drug-likeness (QED) is 0.658. The van der Waals surface area contributed by atoms with E-state index in [9.17, 15) is 4.79 Å². The molecule has 0 saturated heterocycles. The fourth-order valence-corrected chi connectivity index (χ4v) is 0.630. The monoisotopic (exact) mass is 153 g/mol. The molecule has 1 heterocycles. The molecule has 5 heteroatoms. The Morgan fingerprint density at radius 2 is 2.09 bits per heavy atom. The average molecular weight is 153 g/mol. The number of allylic oxidation sites excluding steroid dienone is 1. The minimum atomic E-state index is -0.663. The molecule has 0 aliphatic rings. The third-order valence-corrected chi connectivity index (χ3v) is 1.13. The summed E-state index contributed by atoms with van der Waals surface area (Å²) in [5.74, 6) is -0.663. The number of primary amides is 1. The molecule has 0 spiro atoms. The van der Waals surface area contributed by atoms with Gasteiger partial charge in [0.25, 0.3) is 5.91 Å². The van der Waals surface area contributed by atoms with Crippen molar-refractivity contribution in [3.63, 3.8) is 0 Å². The molecule has 1 aromatic heterocycles. The molecule has 0 fully saturated rings. The predicted octanol–water partition coefficient (Wildman–Crippen LogP) is 0.202. The zero-order chi connectivity index (χ0) is 8.43. The Bertz CT molecular complexity index is 274. The lowest BCUT2D eigenvalue weighted by molar-refractivity contribution is 0.0990. The highest BCUT2D eigenvalue weighted by atomic mass is 16.6. The van der Waals surface area contributed by atoms with Gasteiger partial charge in [0.15, 0.2) is 5.69 Å². The number of rotatable bonds is 2. The lowest BCUT2D eigenvalue weighted by atomic mass is 10.2. The van der Waals surface area contributed by atoms with Crippen molar-refractivity contribution in [2.45, 2.75) is 6.92 Å². The van der Waals surface area contributed by atoms with Crippen LogP contribution in [-0.2, 0) is 0 Å². The number of nitrogens with two attached hydrogens (primary N) is 1. The molecule has 1 rings (SSSR count). The van der Waals surface area contributed by atoms with Gasteiger partial charge in [-0.2, -0.15) is 0 Å². The lowest BCUT2D eigenvalue weighted by Crippen LogP contribution is -2.13. The highest BCUT2D eigenvalue weighted by Gasteiger charge is 2.14. The standard InChI is InChI=1S/C6H7N3O2/c1-3(2)4-5(6(7)10)9-11-8-4/h1H2,2H3,(H2,7,10). The summed E-state index contributed by atoms with van der Waals surface area (Å²) in [6.45, 7) is 5.26. The summed E-state index contributed by atoms with van der Waals surface area (Å²) in [6.07, 6.45) is 0. The Kier molecular flexibility index (Phi) is 1.72. The molecule has 0 saturated carbocycles. The molecular weight excluding hydrogens is 146 g/mol. The van der Waals surface area contributed by atoms with Crippen LogP contribution in [0.25, 0.3) is 5.57 Å². The zero-order valence-corrected chi connectivity index (χ0v) is 6.00. The van der Waals surface area contributed by atoms with Crippen molar-refractivity contribution in [3.8, 4) is 0 Å². The molecule has 0 bridgehead atoms. The minimum absolute atomic E-state index is 0.0255. The third kappa shape index (κ3) is 1.26. The Hall–Kier alpha value is -1.65. The summed E-state index contributed by atoms with van der Waals surface area (Å²) in [7, 11) is 0. The number of nitrogens with zero attached hydrogens (tertiary/aromatic N) is 2. The molecule has 0 aliphatic carbocycles. The van der Waals surface area contributed by atoms with Crippen LogP contribution in [0.1, 0.15) is 23.1 Å². The average Bonchev–Trinajstić information content (AvgIpc) is 2.32. The third-order valence-electron chi connectivity index (χ3n) is 1.13. The molecule has 1 amide bonds. The molecule has 5 nitrogen and oxygen atoms in total. The first-order valence-corrected chi connectivity index (χ1v) is 2.91. The van der Waals surface area contributed by atoms with Crippen LogP contribution in [0.5, 0.6) is 0 Å². The number of aromatic nitrogens is 2. The molecule has 58 valence electrons. The fraction of sp³-hybridized carbons (Fsp3) is 0.167. The predicted molar refractivity (Wildman–Crippen MR) is 37.5 cm³/mol. The SMILES string of the molecule is C=C(C)c1nonc1C(N)=O. The lowest BCUT2D eigenvalue weighted by Gasteiger charge is -1.90. The maximum absolute atomic E-state index is 10.6. The maximum Gasteiger partial charge on any atom is 0.273 e. The van der Waals surface area contributed by atoms with Gasteiger partial charge < -0.3 is 5.73 Å². The molecule has 0 unspecified atom stereocenters. The van der Waals surface area contributed by atoms with Crippen LogP contribution >= 0.6 is 0 Å². The summed E-state index contributed by atoms with van der Waals surface area (Å²) in [5.41, 5.74) is 5.89. The van der Waals surface area contributed by atoms with Crippen molar-refractivity contribution in [2.75, 3.05) is 0 Å². The second-order valence-corrected chi connectivity index (χ2v) is 2.11. The van der Waals surface area contributed by atoms with E-state index in [2.05, 4.69) is 21.5 Å². The summed E-state index contributed by atoms with van der Waals surface area (Å²) in [5, 5.41) is 6.77. The molecule has 0 aromatic carbocycles. The summed E-state index contributed by atoms with van der Waals surface area (Å²) < 4.78 is 4.31. The van der Waals surface area contributed by atoms with Crippen molar-refractivity contribution in [1.29, 1.82) is 0 Å². The van der Waals surface area contributed by atoms with Crippen molar-refractivity contribution >= 4 is 11.5 Å². The first-order valence-electron chi connectivity index (χ1n) is 2.91. The van der Waals surface area contributed by atoms with Gasteiger partial charge in [0, 0.05) is 0 Å². The van der Waals surface area contributed by atoms with Gasteiger partial charge in [-0.25, -0.2) is 4.63 Å². The Morgan fingerprint density at radius 3 is 2.45 bits per heavy atom. The van der Waals surface area contributed by atoms with Crippen molar-refractivity contribution in [3.05, 3.63) is 18.0 Å². The van der Waals surface area contributed by atoms with Crippen molar-refractivity contribution in [2.24, 2.45) is 5.73 Å². The van der Waals surface area contributed by atoms with Crippen LogP contribution in [0.2, 0.25) is 0 Å². The second kappa shape index (κ2) is 2.53. The van der Waals surface area contributed by atoms with Gasteiger partial charge in [-0.1, -0.05) is 6.58 Å². The van der Waals surface area contributed by atoms with Crippen molar-refractivity contribution in [1.82, 2.24) is 10.3 Å². The van der Waals surface area contributed by atoms with Gasteiger partial charge in [0.1, 0.15) is 5.69 Å². The Labute approximate surface area is 62.8 Å². The number of amides is 1. The van der Waals surface area contributed by atoms with E-state index in [1.165, 1.54) is 0 Å². The largest absolute Gasteiger partial charge is 0.364 e. The molecule has 2 N–H and O–H groups in total. The summed E-state index contributed by atoms with van der Waals surface area (Å²) >= 11 is 0. The van der Waals surface area contributed by atoms with E-state index in [4.69, 9.17) is 5.73 Å². The number of carbonyl (C=O) groups excluding carboxylic acids is 1. The van der Waals surface area contributed by atoms with Crippen LogP contribution in [0, 0.1) is 0 Å². The summed E-state index contributed by atoms with van der Waals surface area (Å²) in [4.78, 5) is 10.6. The van der Waals surface area contributed by atoms with E-state index in [1.807, 2.05) is 0 Å². The van der Waals surface area contributed by atoms with Gasteiger partial charge in [-0.05, 0) is 22.8 Å². The van der Waals surface area contributed by atoms with Crippen LogP contribution in [0.4, 0.5) is 0 Å². The first kappa shape index (κ1) is 7.46. The smallest absolute Gasteiger partial charge is 0.273 e. The van der Waals surface area contributed by atoms with Crippen LogP contribution in [0.15, 0.2) is 11.2 Å². The number of carbonyl (C=O) groups is 1. The molecular formula is C6H7N3O2. The fourth-order valence-electron chi connectivity index (χ4n) is 0.630. The van der Waals surface area contributed by atoms with Crippen LogP contribution in [0.3, 0.4) is 0 Å². The van der Waals surface area contributed by atoms with E-state index in [0.29, 0.717) is 11.3 Å². The van der Waals surface area contributed by atoms with E-state index >= 15 is 0 Å². The molecule has 1 aromatic rings. The van der Waals surface area contributed by atoms with Gasteiger partial charge in [0.05, 0.1) is 0 Å². The van der Waals surface area contributed by atoms with Crippen LogP contribution < -0.4 is 5.73 Å². The van der Waals surface area contributed by atoms with Crippen molar-refractivity contribution < 1.29 is 9.42 Å². The molecule has 0 aliphatic heterocycles. The Balaban J connectivity index is 3.16. The summed E-state index contributed by atoms with van der Waals surface area (Å²) in [6, 6.07) is 0. The van der Waals surface area contributed by atoms with Gasteiger partial charge >= 0.3 is 0 Å². The Morgan fingerprint density at radius 1 is 1.55 bits per heavy atom. The van der Waals surface area contributed by atoms with Gasteiger partial charge in [0.2, 0.25) is 0 Å². The van der Waals surface area contributed by atoms with E-state index in [0.717, 1.165) is 0 Å². The topological polar surface area (TPSA) is 82.0 Å². The first-order chi connectivity index (χ1) is 5.13. The molecule has 0 radical (unpaired) electrons.